The van der Waals surface area contributed by atoms with Gasteiger partial charge in [-0.1, -0.05) is 6.92 Å². The highest BCUT2D eigenvalue weighted by Gasteiger charge is 2.30. The van der Waals surface area contributed by atoms with Crippen LogP contribution in [0.5, 0.6) is 0 Å². The van der Waals surface area contributed by atoms with Gasteiger partial charge in [0.1, 0.15) is 5.82 Å². The SMILES string of the molecule is CCOCCN(CC)C1CCC(c2cnc3c(c2)C(c2cnn(C)c2)CN3)CC1. The van der Waals surface area contributed by atoms with Crippen LogP contribution >= 0.6 is 0 Å². The smallest absolute Gasteiger partial charge is 0.129 e. The summed E-state index contributed by atoms with van der Waals surface area (Å²) in [5.74, 6) is 2.03. The highest BCUT2D eigenvalue weighted by atomic mass is 16.5. The van der Waals surface area contributed by atoms with Crippen molar-refractivity contribution in [1.29, 1.82) is 0 Å². The third kappa shape index (κ3) is 4.48. The maximum atomic E-state index is 5.58. The van der Waals surface area contributed by atoms with Crippen molar-refractivity contribution in [2.24, 2.45) is 7.05 Å². The molecule has 0 aromatic carbocycles. The van der Waals surface area contributed by atoms with Crippen molar-refractivity contribution in [2.75, 3.05) is 38.2 Å². The van der Waals surface area contributed by atoms with Gasteiger partial charge in [-0.2, -0.15) is 5.10 Å². The van der Waals surface area contributed by atoms with Gasteiger partial charge in [0.15, 0.2) is 0 Å². The summed E-state index contributed by atoms with van der Waals surface area (Å²) in [6.07, 6.45) is 11.3. The fraction of sp³-hybridized carbons (Fsp3) is 0.652. The Morgan fingerprint density at radius 1 is 1.17 bits per heavy atom. The Hall–Kier alpha value is -1.92. The molecule has 1 N–H and O–H groups in total. The summed E-state index contributed by atoms with van der Waals surface area (Å²) >= 11 is 0. The molecular formula is C23H35N5O. The molecule has 1 atom stereocenters. The van der Waals surface area contributed by atoms with E-state index in [1.165, 1.54) is 42.4 Å². The first-order chi connectivity index (χ1) is 14.2. The van der Waals surface area contributed by atoms with Crippen LogP contribution < -0.4 is 5.32 Å². The van der Waals surface area contributed by atoms with Gasteiger partial charge in [0.25, 0.3) is 0 Å². The molecule has 6 heteroatoms. The van der Waals surface area contributed by atoms with Gasteiger partial charge in [0.2, 0.25) is 0 Å². The molecule has 2 aromatic heterocycles. The molecule has 2 aliphatic rings. The molecule has 4 rings (SSSR count). The van der Waals surface area contributed by atoms with Crippen molar-refractivity contribution in [3.05, 3.63) is 41.3 Å². The molecule has 3 heterocycles. The highest BCUT2D eigenvalue weighted by molar-refractivity contribution is 5.56. The first-order valence-electron chi connectivity index (χ1n) is 11.2. The first-order valence-corrected chi connectivity index (χ1v) is 11.2. The normalized spacial score (nSPS) is 23.9. The molecule has 6 nitrogen and oxygen atoms in total. The van der Waals surface area contributed by atoms with E-state index in [1.807, 2.05) is 17.9 Å². The number of nitrogens with one attached hydrogen (secondary N) is 1. The van der Waals surface area contributed by atoms with E-state index in [2.05, 4.69) is 47.6 Å². The molecule has 1 unspecified atom stereocenters. The van der Waals surface area contributed by atoms with Crippen molar-refractivity contribution in [3.63, 3.8) is 0 Å². The Labute approximate surface area is 174 Å². The summed E-state index contributed by atoms with van der Waals surface area (Å²) in [6, 6.07) is 3.11. The van der Waals surface area contributed by atoms with E-state index in [1.54, 1.807) is 0 Å². The second-order valence-corrected chi connectivity index (χ2v) is 8.42. The van der Waals surface area contributed by atoms with E-state index in [-0.39, 0.29) is 0 Å². The molecule has 29 heavy (non-hydrogen) atoms. The number of pyridine rings is 1. The molecular weight excluding hydrogens is 362 g/mol. The number of hydrogen-bond donors (Lipinski definition) is 1. The van der Waals surface area contributed by atoms with Gasteiger partial charge in [-0.05, 0) is 62.3 Å². The zero-order valence-corrected chi connectivity index (χ0v) is 18.1. The zero-order chi connectivity index (χ0) is 20.2. The Morgan fingerprint density at radius 2 is 2.00 bits per heavy atom. The molecule has 0 saturated heterocycles. The number of anilines is 1. The van der Waals surface area contributed by atoms with Gasteiger partial charge in [-0.3, -0.25) is 9.58 Å². The van der Waals surface area contributed by atoms with Crippen LogP contribution in [0.3, 0.4) is 0 Å². The van der Waals surface area contributed by atoms with Gasteiger partial charge in [0.05, 0.1) is 12.8 Å². The van der Waals surface area contributed by atoms with Crippen molar-refractivity contribution in [3.8, 4) is 0 Å². The van der Waals surface area contributed by atoms with E-state index in [9.17, 15) is 0 Å². The number of likely N-dealkylation sites (N-methyl/N-ethyl adjacent to an activating group) is 1. The lowest BCUT2D eigenvalue weighted by Crippen LogP contribution is -2.39. The average Bonchev–Trinajstić information content (AvgIpc) is 3.37. The summed E-state index contributed by atoms with van der Waals surface area (Å²) in [6.45, 7) is 9.08. The largest absolute Gasteiger partial charge is 0.380 e. The Kier molecular flexibility index (Phi) is 6.50. The van der Waals surface area contributed by atoms with Crippen LogP contribution in [0.25, 0.3) is 0 Å². The second-order valence-electron chi connectivity index (χ2n) is 8.42. The monoisotopic (exact) mass is 397 g/mol. The zero-order valence-electron chi connectivity index (χ0n) is 18.1. The van der Waals surface area contributed by atoms with Crippen LogP contribution in [0, 0.1) is 0 Å². The Bertz CT molecular complexity index is 796. The van der Waals surface area contributed by atoms with Gasteiger partial charge < -0.3 is 10.1 Å². The van der Waals surface area contributed by atoms with E-state index in [0.717, 1.165) is 38.7 Å². The molecule has 0 radical (unpaired) electrons. The van der Waals surface area contributed by atoms with Crippen molar-refractivity contribution in [1.82, 2.24) is 19.7 Å². The molecule has 0 spiro atoms. The van der Waals surface area contributed by atoms with Gasteiger partial charge in [-0.15, -0.1) is 0 Å². The Morgan fingerprint density at radius 3 is 2.69 bits per heavy atom. The molecule has 2 aromatic rings. The summed E-state index contributed by atoms with van der Waals surface area (Å²) in [5.41, 5.74) is 4.02. The van der Waals surface area contributed by atoms with Crippen molar-refractivity contribution < 1.29 is 4.74 Å². The quantitative estimate of drug-likeness (QED) is 0.688. The fourth-order valence-electron chi connectivity index (χ4n) is 5.06. The van der Waals surface area contributed by atoms with Crippen LogP contribution in [0.1, 0.15) is 68.1 Å². The molecule has 1 saturated carbocycles. The van der Waals surface area contributed by atoms with Crippen LogP contribution in [-0.2, 0) is 11.8 Å². The van der Waals surface area contributed by atoms with E-state index >= 15 is 0 Å². The second kappa shape index (κ2) is 9.26. The molecule has 0 amide bonds. The molecule has 1 aliphatic carbocycles. The number of fused-ring (bicyclic) bond motifs is 1. The van der Waals surface area contributed by atoms with Gasteiger partial charge in [0, 0.05) is 56.7 Å². The molecule has 158 valence electrons. The fourth-order valence-corrected chi connectivity index (χ4v) is 5.06. The lowest BCUT2D eigenvalue weighted by Gasteiger charge is -2.36. The number of aromatic nitrogens is 3. The number of rotatable bonds is 8. The first kappa shape index (κ1) is 20.4. The van der Waals surface area contributed by atoms with Crippen LogP contribution in [-0.4, -0.2) is 58.6 Å². The highest BCUT2D eigenvalue weighted by Crippen LogP contribution is 2.39. The topological polar surface area (TPSA) is 55.2 Å². The van der Waals surface area contributed by atoms with E-state index in [4.69, 9.17) is 9.72 Å². The minimum absolute atomic E-state index is 0.358. The maximum Gasteiger partial charge on any atom is 0.129 e. The Balaban J connectivity index is 1.41. The molecule has 0 bridgehead atoms. The third-order valence-corrected chi connectivity index (χ3v) is 6.73. The lowest BCUT2D eigenvalue weighted by molar-refractivity contribution is 0.0834. The maximum absolute atomic E-state index is 5.58. The average molecular weight is 398 g/mol. The van der Waals surface area contributed by atoms with E-state index in [0.29, 0.717) is 17.9 Å². The summed E-state index contributed by atoms with van der Waals surface area (Å²) < 4.78 is 7.46. The third-order valence-electron chi connectivity index (χ3n) is 6.73. The summed E-state index contributed by atoms with van der Waals surface area (Å²) in [5, 5.41) is 7.84. The molecule has 1 aliphatic heterocycles. The standard InChI is InChI=1S/C23H35N5O/c1-4-28(10-11-29-5-2)20-8-6-17(7-9-20)18-12-21-22(15-25-23(21)24-13-18)19-14-26-27(3)16-19/h12-14,16-17,20,22H,4-11,15H2,1-3H3,(H,24,25). The number of nitrogens with zero attached hydrogens (tertiary/aromatic N) is 4. The number of hydrogen-bond acceptors (Lipinski definition) is 5. The van der Waals surface area contributed by atoms with Crippen LogP contribution in [0.2, 0.25) is 0 Å². The van der Waals surface area contributed by atoms with Crippen molar-refractivity contribution >= 4 is 5.82 Å². The van der Waals surface area contributed by atoms with E-state index < -0.39 is 0 Å². The summed E-state index contributed by atoms with van der Waals surface area (Å²) in [4.78, 5) is 7.38. The minimum atomic E-state index is 0.358. The van der Waals surface area contributed by atoms with Crippen LogP contribution in [0.4, 0.5) is 5.82 Å². The number of aryl methyl sites for hydroxylation is 1. The summed E-state index contributed by atoms with van der Waals surface area (Å²) in [7, 11) is 1.98. The van der Waals surface area contributed by atoms with Crippen molar-refractivity contribution in [2.45, 2.75) is 57.4 Å². The molecule has 1 fully saturated rings. The number of ether oxygens (including phenoxy) is 1. The van der Waals surface area contributed by atoms with Gasteiger partial charge in [-0.25, -0.2) is 4.98 Å². The van der Waals surface area contributed by atoms with Crippen LogP contribution in [0.15, 0.2) is 24.7 Å². The predicted molar refractivity (Wildman–Crippen MR) is 117 cm³/mol. The minimum Gasteiger partial charge on any atom is -0.380 e. The lowest BCUT2D eigenvalue weighted by atomic mass is 9.81. The van der Waals surface area contributed by atoms with Gasteiger partial charge >= 0.3 is 0 Å². The predicted octanol–water partition coefficient (Wildman–Crippen LogP) is 3.76.